The van der Waals surface area contributed by atoms with Crippen LogP contribution in [0, 0.1) is 0 Å². The number of aliphatic hydroxyl groups excluding tert-OH is 1. The van der Waals surface area contributed by atoms with Crippen molar-refractivity contribution < 1.29 is 14.6 Å². The van der Waals surface area contributed by atoms with E-state index in [0.29, 0.717) is 25.7 Å². The van der Waals surface area contributed by atoms with Crippen LogP contribution in [0.15, 0.2) is 0 Å². The number of nitrogens with zero attached hydrogens (tertiary/aromatic N) is 1. The van der Waals surface area contributed by atoms with Gasteiger partial charge in [0.15, 0.2) is 0 Å². The van der Waals surface area contributed by atoms with Gasteiger partial charge in [-0.2, -0.15) is 0 Å². The summed E-state index contributed by atoms with van der Waals surface area (Å²) in [4.78, 5) is 13.7. The van der Waals surface area contributed by atoms with Gasteiger partial charge in [0.25, 0.3) is 0 Å². The Morgan fingerprint density at radius 2 is 2.06 bits per heavy atom. The molecule has 0 aromatic heterocycles. The number of ether oxygens (including phenoxy) is 1. The van der Waals surface area contributed by atoms with Crippen molar-refractivity contribution in [2.45, 2.75) is 32.7 Å². The molecule has 0 heterocycles. The molecule has 0 aromatic rings. The SMILES string of the molecule is CCC(CC)N(CCOC)CC(=O)NCCO. The van der Waals surface area contributed by atoms with Crippen LogP contribution in [0.25, 0.3) is 0 Å². The van der Waals surface area contributed by atoms with Gasteiger partial charge in [-0.05, 0) is 12.8 Å². The number of aliphatic hydroxyl groups is 1. The number of amides is 1. The molecule has 0 aromatic carbocycles. The fourth-order valence-corrected chi connectivity index (χ4v) is 1.84. The van der Waals surface area contributed by atoms with Crippen LogP contribution < -0.4 is 5.32 Å². The Morgan fingerprint density at radius 3 is 2.53 bits per heavy atom. The van der Waals surface area contributed by atoms with E-state index in [9.17, 15) is 4.79 Å². The number of nitrogens with one attached hydrogen (secondary N) is 1. The number of methoxy groups -OCH3 is 1. The van der Waals surface area contributed by atoms with Crippen molar-refractivity contribution in [1.29, 1.82) is 0 Å². The molecule has 2 N–H and O–H groups in total. The van der Waals surface area contributed by atoms with Gasteiger partial charge in [-0.3, -0.25) is 9.69 Å². The summed E-state index contributed by atoms with van der Waals surface area (Å²) < 4.78 is 5.06. The van der Waals surface area contributed by atoms with E-state index in [-0.39, 0.29) is 12.5 Å². The van der Waals surface area contributed by atoms with E-state index in [1.165, 1.54) is 0 Å². The number of rotatable bonds is 10. The Bertz CT molecular complexity index is 196. The van der Waals surface area contributed by atoms with Crippen molar-refractivity contribution in [2.75, 3.05) is 40.0 Å². The second-order valence-electron chi connectivity index (χ2n) is 4.01. The van der Waals surface area contributed by atoms with E-state index in [1.54, 1.807) is 7.11 Å². The molecule has 0 aliphatic carbocycles. The highest BCUT2D eigenvalue weighted by molar-refractivity contribution is 5.78. The molecule has 0 aliphatic heterocycles. The average molecular weight is 246 g/mol. The van der Waals surface area contributed by atoms with Gasteiger partial charge < -0.3 is 15.2 Å². The molecule has 0 radical (unpaired) electrons. The van der Waals surface area contributed by atoms with E-state index in [1.807, 2.05) is 0 Å². The van der Waals surface area contributed by atoms with Crippen molar-refractivity contribution in [1.82, 2.24) is 10.2 Å². The summed E-state index contributed by atoms with van der Waals surface area (Å²) in [7, 11) is 1.66. The van der Waals surface area contributed by atoms with Gasteiger partial charge in [0.2, 0.25) is 5.91 Å². The fraction of sp³-hybridized carbons (Fsp3) is 0.917. The maximum Gasteiger partial charge on any atom is 0.234 e. The van der Waals surface area contributed by atoms with E-state index < -0.39 is 0 Å². The lowest BCUT2D eigenvalue weighted by molar-refractivity contribution is -0.123. The van der Waals surface area contributed by atoms with Gasteiger partial charge in [0.05, 0.1) is 19.8 Å². The first-order chi connectivity index (χ1) is 8.19. The van der Waals surface area contributed by atoms with Crippen molar-refractivity contribution in [3.63, 3.8) is 0 Å². The lowest BCUT2D eigenvalue weighted by Gasteiger charge is -2.29. The second-order valence-corrected chi connectivity index (χ2v) is 4.01. The third-order valence-electron chi connectivity index (χ3n) is 2.82. The summed E-state index contributed by atoms with van der Waals surface area (Å²) in [6, 6.07) is 0.407. The predicted octanol–water partition coefficient (Wildman–Crippen LogP) is 0.232. The zero-order valence-corrected chi connectivity index (χ0v) is 11.2. The Morgan fingerprint density at radius 1 is 1.41 bits per heavy atom. The molecule has 0 fully saturated rings. The van der Waals surface area contributed by atoms with Crippen LogP contribution in [0.2, 0.25) is 0 Å². The summed E-state index contributed by atoms with van der Waals surface area (Å²) in [5, 5.41) is 11.3. The van der Waals surface area contributed by atoms with Crippen LogP contribution in [0.4, 0.5) is 0 Å². The maximum atomic E-state index is 11.6. The number of hydrogen-bond donors (Lipinski definition) is 2. The van der Waals surface area contributed by atoms with E-state index in [0.717, 1.165) is 19.4 Å². The molecule has 5 heteroatoms. The first-order valence-corrected chi connectivity index (χ1v) is 6.30. The van der Waals surface area contributed by atoms with Gasteiger partial charge in [0.1, 0.15) is 0 Å². The van der Waals surface area contributed by atoms with Gasteiger partial charge in [0, 0.05) is 26.2 Å². The summed E-state index contributed by atoms with van der Waals surface area (Å²) >= 11 is 0. The highest BCUT2D eigenvalue weighted by Crippen LogP contribution is 2.07. The molecule has 102 valence electrons. The highest BCUT2D eigenvalue weighted by atomic mass is 16.5. The van der Waals surface area contributed by atoms with Crippen LogP contribution in [0.1, 0.15) is 26.7 Å². The Labute approximate surface area is 104 Å². The Balaban J connectivity index is 4.20. The molecule has 0 atom stereocenters. The zero-order valence-electron chi connectivity index (χ0n) is 11.2. The summed E-state index contributed by atoms with van der Waals surface area (Å²) in [6.45, 7) is 6.31. The average Bonchev–Trinajstić information content (AvgIpc) is 2.34. The Hall–Kier alpha value is -0.650. The third-order valence-corrected chi connectivity index (χ3v) is 2.82. The molecule has 0 unspecified atom stereocenters. The van der Waals surface area contributed by atoms with Crippen molar-refractivity contribution in [2.24, 2.45) is 0 Å². The second kappa shape index (κ2) is 10.5. The minimum absolute atomic E-state index is 0.0191. The first-order valence-electron chi connectivity index (χ1n) is 6.30. The third kappa shape index (κ3) is 7.31. The fourth-order valence-electron chi connectivity index (χ4n) is 1.84. The molecule has 1 amide bonds. The van der Waals surface area contributed by atoms with Crippen LogP contribution in [-0.4, -0.2) is 61.9 Å². The minimum atomic E-state index is -0.0398. The van der Waals surface area contributed by atoms with Crippen LogP contribution in [0.5, 0.6) is 0 Å². The molecule has 17 heavy (non-hydrogen) atoms. The molecule has 0 aliphatic rings. The molecule has 5 nitrogen and oxygen atoms in total. The number of hydrogen-bond acceptors (Lipinski definition) is 4. The molecular formula is C12H26N2O3. The topological polar surface area (TPSA) is 61.8 Å². The predicted molar refractivity (Wildman–Crippen MR) is 67.9 cm³/mol. The van der Waals surface area contributed by atoms with Crippen molar-refractivity contribution >= 4 is 5.91 Å². The van der Waals surface area contributed by atoms with Crippen LogP contribution in [-0.2, 0) is 9.53 Å². The lowest BCUT2D eigenvalue weighted by Crippen LogP contribution is -2.44. The monoisotopic (exact) mass is 246 g/mol. The van der Waals surface area contributed by atoms with E-state index in [2.05, 4.69) is 24.1 Å². The number of carbonyl (C=O) groups excluding carboxylic acids is 1. The standard InChI is InChI=1S/C12H26N2O3/c1-4-11(5-2)14(7-9-17-3)10-12(16)13-6-8-15/h11,15H,4-10H2,1-3H3,(H,13,16). The number of carbonyl (C=O) groups is 1. The quantitative estimate of drug-likeness (QED) is 0.579. The van der Waals surface area contributed by atoms with E-state index >= 15 is 0 Å². The summed E-state index contributed by atoms with van der Waals surface area (Å²) in [5.41, 5.74) is 0. The molecule has 0 spiro atoms. The van der Waals surface area contributed by atoms with Gasteiger partial charge in [-0.1, -0.05) is 13.8 Å². The molecule has 0 saturated carbocycles. The van der Waals surface area contributed by atoms with Gasteiger partial charge in [-0.25, -0.2) is 0 Å². The molecular weight excluding hydrogens is 220 g/mol. The Kier molecular flexibility index (Phi) is 10.1. The first kappa shape index (κ1) is 16.4. The summed E-state index contributed by atoms with van der Waals surface area (Å²) in [6.07, 6.45) is 2.04. The lowest BCUT2D eigenvalue weighted by atomic mass is 10.1. The molecule has 0 saturated heterocycles. The van der Waals surface area contributed by atoms with Gasteiger partial charge >= 0.3 is 0 Å². The molecule has 0 bridgehead atoms. The van der Waals surface area contributed by atoms with Crippen molar-refractivity contribution in [3.05, 3.63) is 0 Å². The molecule has 0 rings (SSSR count). The van der Waals surface area contributed by atoms with Crippen LogP contribution in [0.3, 0.4) is 0 Å². The normalized spacial score (nSPS) is 11.2. The minimum Gasteiger partial charge on any atom is -0.395 e. The zero-order chi connectivity index (χ0) is 13.1. The van der Waals surface area contributed by atoms with E-state index in [4.69, 9.17) is 9.84 Å². The van der Waals surface area contributed by atoms with Crippen LogP contribution >= 0.6 is 0 Å². The smallest absolute Gasteiger partial charge is 0.234 e. The maximum absolute atomic E-state index is 11.6. The highest BCUT2D eigenvalue weighted by Gasteiger charge is 2.17. The van der Waals surface area contributed by atoms with Crippen molar-refractivity contribution in [3.8, 4) is 0 Å². The summed E-state index contributed by atoms with van der Waals surface area (Å²) in [5.74, 6) is -0.0398. The van der Waals surface area contributed by atoms with Gasteiger partial charge in [-0.15, -0.1) is 0 Å². The largest absolute Gasteiger partial charge is 0.395 e.